The van der Waals surface area contributed by atoms with Gasteiger partial charge < -0.3 is 0 Å². The van der Waals surface area contributed by atoms with Crippen LogP contribution in [0.5, 0.6) is 0 Å². The molecule has 3 aliphatic carbocycles. The summed E-state index contributed by atoms with van der Waals surface area (Å²) in [5.74, 6) is 0. The standard InChI is InChI=1S/C116H68N2/c1-2-11-72(12-3-1)98-48-47-97(101-44-41-85(61-106(98)101)86-42-45-102-104-18-8-13-89-57-92(66-111(114(89)104)107(102)62-86)82-36-33-76-51-74(29-31-78(76)53-82)69-21-23-71(24-22-69)91-15-10-49-117-68-91)73-27-25-70(26-28-73)75-30-32-79-54-84(37-34-77(79)52-75)94-59-96-60-95(65-110-100-17-5-4-16-99(100)109(64-94)116(96)110)87-43-46-103-105-19-9-14-90-58-93(67-112(115(90)105)108(103)63-87)83-38-35-81-56-88(40-39-80(81)55-83)113-20-6-7-50-118-113/h1-68H. The largest absolute Gasteiger partial charge is 0.264 e. The maximum atomic E-state index is 4.62. The molecule has 22 aromatic rings. The fourth-order valence-corrected chi connectivity index (χ4v) is 19.9. The number of hydrogen-bond donors (Lipinski definition) is 0. The van der Waals surface area contributed by atoms with E-state index in [1.165, 1.54) is 242 Å². The van der Waals surface area contributed by atoms with Gasteiger partial charge in [0.1, 0.15) is 0 Å². The predicted octanol–water partition coefficient (Wildman–Crippen LogP) is 31.8. The zero-order valence-corrected chi connectivity index (χ0v) is 64.2. The van der Waals surface area contributed by atoms with E-state index in [1.54, 1.807) is 0 Å². The van der Waals surface area contributed by atoms with Gasteiger partial charge in [-0.15, -0.1) is 0 Å². The van der Waals surface area contributed by atoms with E-state index in [-0.39, 0.29) is 0 Å². The molecule has 118 heavy (non-hydrogen) atoms. The van der Waals surface area contributed by atoms with Crippen molar-refractivity contribution >= 4 is 75.4 Å². The maximum absolute atomic E-state index is 4.62. The van der Waals surface area contributed by atoms with Crippen molar-refractivity contribution in [2.45, 2.75) is 0 Å². The Balaban J connectivity index is 0.507. The van der Waals surface area contributed by atoms with Crippen molar-refractivity contribution in [1.82, 2.24) is 9.97 Å². The highest BCUT2D eigenvalue weighted by Crippen LogP contribution is 2.55. The first-order valence-electron chi connectivity index (χ1n) is 40.8. The highest BCUT2D eigenvalue weighted by Gasteiger charge is 2.29. The summed E-state index contributed by atoms with van der Waals surface area (Å²) in [6, 6.07) is 148. The van der Waals surface area contributed by atoms with Crippen molar-refractivity contribution in [2.75, 3.05) is 0 Å². The minimum atomic E-state index is 0.984. The van der Waals surface area contributed by atoms with E-state index in [2.05, 4.69) is 386 Å². The zero-order valence-electron chi connectivity index (χ0n) is 64.2. The Kier molecular flexibility index (Phi) is 14.6. The van der Waals surface area contributed by atoms with Crippen molar-refractivity contribution in [3.05, 3.63) is 413 Å². The number of aromatic nitrogens is 2. The molecule has 0 fully saturated rings. The van der Waals surface area contributed by atoms with Gasteiger partial charge in [-0.2, -0.15) is 0 Å². The fourth-order valence-electron chi connectivity index (χ4n) is 19.9. The van der Waals surface area contributed by atoms with Gasteiger partial charge >= 0.3 is 0 Å². The summed E-state index contributed by atoms with van der Waals surface area (Å²) < 4.78 is 0. The van der Waals surface area contributed by atoms with Crippen LogP contribution in [0.3, 0.4) is 0 Å². The normalized spacial score (nSPS) is 12.1. The summed E-state index contributed by atoms with van der Waals surface area (Å²) in [6.07, 6.45) is 5.60. The summed E-state index contributed by atoms with van der Waals surface area (Å²) in [5, 5.41) is 17.5. The van der Waals surface area contributed by atoms with Crippen LogP contribution in [0.2, 0.25) is 0 Å². The first kappa shape index (κ1) is 66.0. The summed E-state index contributed by atoms with van der Waals surface area (Å²) in [7, 11) is 0. The molecule has 0 atom stereocenters. The van der Waals surface area contributed by atoms with E-state index < -0.39 is 0 Å². The second kappa shape index (κ2) is 26.0. The van der Waals surface area contributed by atoms with Crippen molar-refractivity contribution in [1.29, 1.82) is 0 Å². The summed E-state index contributed by atoms with van der Waals surface area (Å²) in [4.78, 5) is 8.95. The van der Waals surface area contributed by atoms with Crippen molar-refractivity contribution in [3.63, 3.8) is 0 Å². The second-order valence-corrected chi connectivity index (χ2v) is 32.3. The fraction of sp³-hybridized carbons (Fsp3) is 0. The Morgan fingerprint density at radius 2 is 0.466 bits per heavy atom. The quantitative estimate of drug-likeness (QED) is 0.129. The second-order valence-electron chi connectivity index (χ2n) is 32.3. The molecule has 2 nitrogen and oxygen atoms in total. The average molecular weight is 1490 g/mol. The number of fused-ring (bicyclic) bond motifs is 13. The van der Waals surface area contributed by atoms with Crippen molar-refractivity contribution in [3.8, 4) is 189 Å². The number of rotatable bonds is 11. The van der Waals surface area contributed by atoms with Gasteiger partial charge in [0, 0.05) is 24.2 Å². The lowest BCUT2D eigenvalue weighted by Gasteiger charge is -2.15. The molecule has 0 spiro atoms. The number of hydrogen-bond acceptors (Lipinski definition) is 2. The smallest absolute Gasteiger partial charge is 0.0702 e. The van der Waals surface area contributed by atoms with Gasteiger partial charge in [0.05, 0.1) is 5.69 Å². The maximum Gasteiger partial charge on any atom is 0.0702 e. The van der Waals surface area contributed by atoms with E-state index in [0.717, 1.165) is 22.4 Å². The van der Waals surface area contributed by atoms with Crippen LogP contribution in [0.4, 0.5) is 0 Å². The minimum Gasteiger partial charge on any atom is -0.264 e. The van der Waals surface area contributed by atoms with E-state index in [9.17, 15) is 0 Å². The van der Waals surface area contributed by atoms with Crippen LogP contribution >= 0.6 is 0 Å². The molecule has 0 unspecified atom stereocenters. The third-order valence-electron chi connectivity index (χ3n) is 25.7. The Hall–Kier alpha value is -15.5. The van der Waals surface area contributed by atoms with E-state index in [4.69, 9.17) is 0 Å². The van der Waals surface area contributed by atoms with Crippen LogP contribution in [0.25, 0.3) is 265 Å². The first-order valence-corrected chi connectivity index (χ1v) is 40.8. The molecule has 542 valence electrons. The van der Waals surface area contributed by atoms with Crippen LogP contribution in [0, 0.1) is 0 Å². The average Bonchev–Trinajstić information content (AvgIpc) is 1.55. The van der Waals surface area contributed by atoms with Gasteiger partial charge in [0.25, 0.3) is 0 Å². The Morgan fingerprint density at radius 1 is 0.136 bits per heavy atom. The van der Waals surface area contributed by atoms with Crippen molar-refractivity contribution < 1.29 is 0 Å². The van der Waals surface area contributed by atoms with E-state index in [0.29, 0.717) is 0 Å². The molecule has 0 aliphatic heterocycles. The predicted molar refractivity (Wildman–Crippen MR) is 498 cm³/mol. The molecule has 2 heterocycles. The molecule has 0 saturated carbocycles. The summed E-state index contributed by atoms with van der Waals surface area (Å²) >= 11 is 0. The van der Waals surface area contributed by atoms with Crippen molar-refractivity contribution in [2.24, 2.45) is 0 Å². The van der Waals surface area contributed by atoms with Gasteiger partial charge in [-0.05, 0) is 375 Å². The molecular weight excluding hydrogens is 1420 g/mol. The van der Waals surface area contributed by atoms with Crippen LogP contribution in [0.15, 0.2) is 413 Å². The molecule has 0 radical (unpaired) electrons. The molecular formula is C116H68N2. The van der Waals surface area contributed by atoms with Crippen LogP contribution in [-0.4, -0.2) is 9.97 Å². The summed E-state index contributed by atoms with van der Waals surface area (Å²) in [5.41, 5.74) is 41.6. The molecule has 0 N–H and O–H groups in total. The lowest BCUT2D eigenvalue weighted by Crippen LogP contribution is -1.89. The van der Waals surface area contributed by atoms with E-state index in [1.807, 2.05) is 36.8 Å². The van der Waals surface area contributed by atoms with E-state index >= 15 is 0 Å². The SMILES string of the molecule is c1ccc(-c2ccc(-c3ccc(-c4ccc5cc(-c6cc7c8c(cc(-c9ccc%10c(c9)-c9cc(-c%11ccc%12cc(-c%13ccccn%13)ccc%12c%11)cc%11cccc-%10c9%11)cc8c6)-c6ccccc6-7)ccc5c4)cc3)c3ccc(-c4ccc5c(c4)-c4cc(-c6ccc7cc(-c8ccc(-c9cccnc9)cc8)ccc7c6)cc6cccc-5c46)cc23)cc1. The van der Waals surface area contributed by atoms with Crippen LogP contribution in [-0.2, 0) is 0 Å². The summed E-state index contributed by atoms with van der Waals surface area (Å²) in [6.45, 7) is 0. The Morgan fingerprint density at radius 3 is 0.966 bits per heavy atom. The first-order chi connectivity index (χ1) is 58.4. The number of nitrogens with zero attached hydrogens (tertiary/aromatic N) is 2. The van der Waals surface area contributed by atoms with Crippen LogP contribution < -0.4 is 0 Å². The van der Waals surface area contributed by atoms with Crippen LogP contribution in [0.1, 0.15) is 0 Å². The molecule has 20 aromatic carbocycles. The minimum absolute atomic E-state index is 0.984. The Bertz CT molecular complexity index is 8060. The third kappa shape index (κ3) is 10.7. The monoisotopic (exact) mass is 1490 g/mol. The molecule has 2 heteroatoms. The van der Waals surface area contributed by atoms with Gasteiger partial charge in [-0.1, -0.05) is 273 Å². The number of benzene rings is 20. The van der Waals surface area contributed by atoms with Gasteiger partial charge in [0.2, 0.25) is 0 Å². The number of pyridine rings is 2. The topological polar surface area (TPSA) is 25.8 Å². The molecule has 0 amide bonds. The Labute approximate surface area is 682 Å². The zero-order chi connectivity index (χ0) is 77.2. The molecule has 0 bridgehead atoms. The lowest BCUT2D eigenvalue weighted by atomic mass is 9.89. The highest BCUT2D eigenvalue weighted by molar-refractivity contribution is 6.21. The molecule has 0 saturated heterocycles. The van der Waals surface area contributed by atoms with Gasteiger partial charge in [0.15, 0.2) is 0 Å². The lowest BCUT2D eigenvalue weighted by molar-refractivity contribution is 1.33. The van der Waals surface area contributed by atoms with Gasteiger partial charge in [-0.3, -0.25) is 9.97 Å². The molecule has 3 aliphatic rings. The third-order valence-corrected chi connectivity index (χ3v) is 25.7. The van der Waals surface area contributed by atoms with Gasteiger partial charge in [-0.25, -0.2) is 0 Å². The molecule has 2 aromatic heterocycles. The molecule has 25 rings (SSSR count). The highest BCUT2D eigenvalue weighted by atomic mass is 14.7.